The molecule has 0 unspecified atom stereocenters. The number of nitrogens with zero attached hydrogens (tertiary/aromatic N) is 3. The summed E-state index contributed by atoms with van der Waals surface area (Å²) in [5.74, 6) is 0.462. The van der Waals surface area contributed by atoms with Crippen LogP contribution >= 0.6 is 0 Å². The lowest BCUT2D eigenvalue weighted by Gasteiger charge is -2.12. The summed E-state index contributed by atoms with van der Waals surface area (Å²) >= 11 is 0. The van der Waals surface area contributed by atoms with E-state index in [2.05, 4.69) is 4.98 Å². The van der Waals surface area contributed by atoms with E-state index in [1.165, 1.54) is 12.1 Å². The molecule has 2 N–H and O–H groups in total. The lowest BCUT2D eigenvalue weighted by atomic mass is 10.1. The third-order valence-electron chi connectivity index (χ3n) is 3.46. The third-order valence-corrected chi connectivity index (χ3v) is 3.46. The number of nitrogens with two attached hydrogens (primary N) is 1. The average molecular weight is 262 g/mol. The molecule has 0 bridgehead atoms. The van der Waals surface area contributed by atoms with Gasteiger partial charge in [0.1, 0.15) is 5.52 Å². The van der Waals surface area contributed by atoms with Crippen LogP contribution in [0.25, 0.3) is 11.1 Å². The average Bonchev–Trinajstić information content (AvgIpc) is 3.03. The Morgan fingerprint density at radius 1 is 1.58 bits per heavy atom. The molecule has 1 atom stereocenters. The molecule has 1 aliphatic heterocycles. The predicted molar refractivity (Wildman–Crippen MR) is 70.0 cm³/mol. The van der Waals surface area contributed by atoms with Crippen LogP contribution in [0.15, 0.2) is 22.6 Å². The molecule has 1 saturated heterocycles. The molecule has 0 radical (unpaired) electrons. The molecule has 1 fully saturated rings. The number of nitro benzene ring substituents is 1. The van der Waals surface area contributed by atoms with Crippen molar-refractivity contribution < 1.29 is 9.34 Å². The van der Waals surface area contributed by atoms with E-state index in [1.807, 2.05) is 4.90 Å². The summed E-state index contributed by atoms with van der Waals surface area (Å²) in [6.45, 7) is 2.34. The predicted octanol–water partition coefficient (Wildman–Crippen LogP) is 1.52. The molecule has 0 spiro atoms. The topological polar surface area (TPSA) is 98.4 Å². The number of hydrogen-bond donors (Lipinski definition) is 1. The minimum absolute atomic E-state index is 0.0219. The molecule has 7 nitrogen and oxygen atoms in total. The van der Waals surface area contributed by atoms with Crippen LogP contribution in [0.3, 0.4) is 0 Å². The van der Waals surface area contributed by atoms with Gasteiger partial charge in [-0.25, -0.2) is 0 Å². The van der Waals surface area contributed by atoms with E-state index in [0.717, 1.165) is 19.5 Å². The molecule has 0 amide bonds. The number of benzene rings is 1. The maximum Gasteiger partial charge on any atom is 0.298 e. The zero-order valence-corrected chi connectivity index (χ0v) is 10.3. The molecule has 19 heavy (non-hydrogen) atoms. The Morgan fingerprint density at radius 3 is 3.11 bits per heavy atom. The second-order valence-electron chi connectivity index (χ2n) is 4.74. The molecule has 1 aromatic carbocycles. The summed E-state index contributed by atoms with van der Waals surface area (Å²) in [5, 5.41) is 10.7. The van der Waals surface area contributed by atoms with E-state index in [9.17, 15) is 10.1 Å². The van der Waals surface area contributed by atoms with Crippen molar-refractivity contribution in [3.63, 3.8) is 0 Å². The third kappa shape index (κ3) is 2.12. The maximum atomic E-state index is 10.7. The summed E-state index contributed by atoms with van der Waals surface area (Å²) < 4.78 is 5.63. The van der Waals surface area contributed by atoms with Gasteiger partial charge in [-0.1, -0.05) is 0 Å². The quantitative estimate of drug-likeness (QED) is 0.665. The van der Waals surface area contributed by atoms with Gasteiger partial charge in [0.15, 0.2) is 5.58 Å². The van der Waals surface area contributed by atoms with E-state index < -0.39 is 4.92 Å². The molecule has 1 aromatic heterocycles. The van der Waals surface area contributed by atoms with Gasteiger partial charge in [0, 0.05) is 25.2 Å². The first-order valence-electron chi connectivity index (χ1n) is 6.17. The molecule has 0 saturated carbocycles. The number of hydrogen-bond acceptors (Lipinski definition) is 6. The van der Waals surface area contributed by atoms with Gasteiger partial charge in [0.25, 0.3) is 11.7 Å². The van der Waals surface area contributed by atoms with Gasteiger partial charge < -0.3 is 15.1 Å². The smallest absolute Gasteiger partial charge is 0.298 e. The largest absolute Gasteiger partial charge is 0.423 e. The lowest BCUT2D eigenvalue weighted by Crippen LogP contribution is -2.22. The van der Waals surface area contributed by atoms with E-state index in [0.29, 0.717) is 29.6 Å². The van der Waals surface area contributed by atoms with Crippen LogP contribution in [0, 0.1) is 16.0 Å². The lowest BCUT2D eigenvalue weighted by molar-refractivity contribution is -0.384. The Kier molecular flexibility index (Phi) is 2.83. The van der Waals surface area contributed by atoms with Crippen molar-refractivity contribution in [2.24, 2.45) is 11.7 Å². The highest BCUT2D eigenvalue weighted by Gasteiger charge is 2.25. The van der Waals surface area contributed by atoms with Crippen molar-refractivity contribution in [3.05, 3.63) is 28.3 Å². The Balaban J connectivity index is 1.91. The number of anilines is 1. The highest BCUT2D eigenvalue weighted by atomic mass is 16.6. The summed E-state index contributed by atoms with van der Waals surface area (Å²) in [6.07, 6.45) is 1.02. The highest BCUT2D eigenvalue weighted by molar-refractivity contribution is 5.77. The number of oxazole rings is 1. The number of non-ortho nitro benzene ring substituents is 1. The molecule has 1 aliphatic rings. The Hall–Kier alpha value is -2.15. The van der Waals surface area contributed by atoms with Crippen LogP contribution in [-0.2, 0) is 0 Å². The molecular weight excluding hydrogens is 248 g/mol. The molecule has 3 rings (SSSR count). The summed E-state index contributed by atoms with van der Waals surface area (Å²) in [6, 6.07) is 4.95. The Morgan fingerprint density at radius 2 is 2.42 bits per heavy atom. The molecule has 2 aromatic rings. The van der Waals surface area contributed by atoms with Gasteiger partial charge in [0.05, 0.1) is 4.92 Å². The van der Waals surface area contributed by atoms with Gasteiger partial charge in [-0.15, -0.1) is 0 Å². The van der Waals surface area contributed by atoms with Crippen LogP contribution in [0.5, 0.6) is 0 Å². The van der Waals surface area contributed by atoms with Gasteiger partial charge in [-0.2, -0.15) is 4.98 Å². The fourth-order valence-corrected chi connectivity index (χ4v) is 2.35. The fraction of sp³-hybridized carbons (Fsp3) is 0.417. The molecular formula is C12H14N4O3. The van der Waals surface area contributed by atoms with Crippen molar-refractivity contribution in [2.75, 3.05) is 24.5 Å². The van der Waals surface area contributed by atoms with Crippen LogP contribution < -0.4 is 10.6 Å². The minimum Gasteiger partial charge on any atom is -0.423 e. The van der Waals surface area contributed by atoms with E-state index in [1.54, 1.807) is 6.07 Å². The van der Waals surface area contributed by atoms with Crippen molar-refractivity contribution in [1.82, 2.24) is 4.98 Å². The SMILES string of the molecule is NC[C@H]1CCN(c2nc3cc([N+](=O)[O-])ccc3o2)C1. The summed E-state index contributed by atoms with van der Waals surface area (Å²) in [7, 11) is 0. The maximum absolute atomic E-state index is 10.7. The highest BCUT2D eigenvalue weighted by Crippen LogP contribution is 2.28. The van der Waals surface area contributed by atoms with Gasteiger partial charge >= 0.3 is 0 Å². The van der Waals surface area contributed by atoms with Crippen molar-refractivity contribution >= 4 is 22.8 Å². The zero-order valence-electron chi connectivity index (χ0n) is 10.3. The molecule has 0 aliphatic carbocycles. The molecule has 100 valence electrons. The number of fused-ring (bicyclic) bond motifs is 1. The van der Waals surface area contributed by atoms with E-state index >= 15 is 0 Å². The van der Waals surface area contributed by atoms with E-state index in [4.69, 9.17) is 10.2 Å². The standard InChI is InChI=1S/C12H14N4O3/c13-6-8-3-4-15(7-8)12-14-10-5-9(16(17)18)1-2-11(10)19-12/h1-2,5,8H,3-4,6-7,13H2/t8-/m1/s1. The summed E-state index contributed by atoms with van der Waals surface area (Å²) in [4.78, 5) is 16.6. The normalized spacial score (nSPS) is 19.2. The monoisotopic (exact) mass is 262 g/mol. The number of nitro groups is 1. The van der Waals surface area contributed by atoms with Crippen molar-refractivity contribution in [2.45, 2.75) is 6.42 Å². The second-order valence-corrected chi connectivity index (χ2v) is 4.74. The number of rotatable bonds is 3. The second kappa shape index (κ2) is 4.51. The van der Waals surface area contributed by atoms with Crippen LogP contribution in [0.2, 0.25) is 0 Å². The Bertz CT molecular complexity index is 624. The zero-order chi connectivity index (χ0) is 13.4. The van der Waals surface area contributed by atoms with Crippen LogP contribution in [0.1, 0.15) is 6.42 Å². The number of aromatic nitrogens is 1. The van der Waals surface area contributed by atoms with Crippen LogP contribution in [-0.4, -0.2) is 29.5 Å². The van der Waals surface area contributed by atoms with Gasteiger partial charge in [0.2, 0.25) is 0 Å². The van der Waals surface area contributed by atoms with Crippen molar-refractivity contribution in [1.29, 1.82) is 0 Å². The Labute approximate surface area is 109 Å². The van der Waals surface area contributed by atoms with Crippen molar-refractivity contribution in [3.8, 4) is 0 Å². The first-order chi connectivity index (χ1) is 9.17. The first-order valence-corrected chi connectivity index (χ1v) is 6.17. The fourth-order valence-electron chi connectivity index (χ4n) is 2.35. The first kappa shape index (κ1) is 11.9. The van der Waals surface area contributed by atoms with Gasteiger partial charge in [-0.3, -0.25) is 10.1 Å². The van der Waals surface area contributed by atoms with Crippen LogP contribution in [0.4, 0.5) is 11.7 Å². The van der Waals surface area contributed by atoms with Gasteiger partial charge in [-0.05, 0) is 24.9 Å². The summed E-state index contributed by atoms with van der Waals surface area (Å²) in [5.41, 5.74) is 6.75. The molecule has 2 heterocycles. The van der Waals surface area contributed by atoms with E-state index in [-0.39, 0.29) is 5.69 Å². The molecule has 7 heteroatoms. The minimum atomic E-state index is -0.436.